The van der Waals surface area contributed by atoms with Crippen molar-refractivity contribution in [2.75, 3.05) is 38.2 Å². The summed E-state index contributed by atoms with van der Waals surface area (Å²) in [7, 11) is 0. The molecule has 3 rings (SSSR count). The molecule has 0 unspecified atom stereocenters. The lowest BCUT2D eigenvalue weighted by Crippen LogP contribution is -2.45. The van der Waals surface area contributed by atoms with E-state index in [1.807, 2.05) is 6.07 Å². The van der Waals surface area contributed by atoms with Crippen LogP contribution >= 0.6 is 0 Å². The fourth-order valence-corrected chi connectivity index (χ4v) is 2.55. The molecule has 9 nitrogen and oxygen atoms in total. The number of hydrogen-bond donors (Lipinski definition) is 3. The van der Waals surface area contributed by atoms with Crippen molar-refractivity contribution in [3.05, 3.63) is 36.4 Å². The minimum absolute atomic E-state index is 0.146. The van der Waals surface area contributed by atoms with Crippen molar-refractivity contribution in [3.8, 4) is 0 Å². The van der Waals surface area contributed by atoms with Gasteiger partial charge in [-0.2, -0.15) is 5.10 Å². The van der Waals surface area contributed by atoms with Crippen LogP contribution in [0, 0.1) is 0 Å². The Bertz CT molecular complexity index is 649. The predicted molar refractivity (Wildman–Crippen MR) is 84.1 cm³/mol. The number of aromatic amines is 1. The standard InChI is InChI=1S/C15H19N5O4/c21-14(15(22)18-13-3-4-17-19-13)16-10-11(12-2-1-7-24-12)20-5-8-23-9-6-20/h1-4,7,11H,5-6,8-10H2,(H,16,21)(H2,17,18,19,22)/t11-/m0/s1. The third kappa shape index (κ3) is 4.00. The lowest BCUT2D eigenvalue weighted by Gasteiger charge is -2.33. The predicted octanol–water partition coefficient (Wildman–Crippen LogP) is 0.131. The van der Waals surface area contributed by atoms with Gasteiger partial charge in [0, 0.05) is 25.7 Å². The second-order valence-corrected chi connectivity index (χ2v) is 5.31. The van der Waals surface area contributed by atoms with Crippen LogP contribution in [0.4, 0.5) is 5.82 Å². The first-order chi connectivity index (χ1) is 11.7. The Morgan fingerprint density at radius 1 is 1.29 bits per heavy atom. The molecule has 1 aliphatic rings. The van der Waals surface area contributed by atoms with E-state index >= 15 is 0 Å². The van der Waals surface area contributed by atoms with Crippen molar-refractivity contribution in [3.63, 3.8) is 0 Å². The third-order valence-corrected chi connectivity index (χ3v) is 3.77. The van der Waals surface area contributed by atoms with Gasteiger partial charge in [-0.1, -0.05) is 0 Å². The molecule has 128 valence electrons. The van der Waals surface area contributed by atoms with Crippen molar-refractivity contribution in [2.45, 2.75) is 6.04 Å². The van der Waals surface area contributed by atoms with E-state index in [-0.39, 0.29) is 12.6 Å². The number of carbonyl (C=O) groups excluding carboxylic acids is 2. The van der Waals surface area contributed by atoms with Crippen molar-refractivity contribution in [1.82, 2.24) is 20.4 Å². The largest absolute Gasteiger partial charge is 0.468 e. The van der Waals surface area contributed by atoms with Gasteiger partial charge in [-0.15, -0.1) is 0 Å². The molecule has 2 aromatic heterocycles. The van der Waals surface area contributed by atoms with Gasteiger partial charge in [-0.05, 0) is 12.1 Å². The average molecular weight is 333 g/mol. The van der Waals surface area contributed by atoms with Crippen molar-refractivity contribution >= 4 is 17.6 Å². The number of furan rings is 1. The molecule has 2 amide bonds. The number of hydrogen-bond acceptors (Lipinski definition) is 6. The summed E-state index contributed by atoms with van der Waals surface area (Å²) >= 11 is 0. The fourth-order valence-electron chi connectivity index (χ4n) is 2.55. The number of amides is 2. The quantitative estimate of drug-likeness (QED) is 0.671. The molecule has 24 heavy (non-hydrogen) atoms. The van der Waals surface area contributed by atoms with Gasteiger partial charge in [0.15, 0.2) is 0 Å². The van der Waals surface area contributed by atoms with Crippen LogP contribution in [-0.4, -0.2) is 59.8 Å². The Hall–Kier alpha value is -2.65. The smallest absolute Gasteiger partial charge is 0.314 e. The molecule has 0 aromatic carbocycles. The summed E-state index contributed by atoms with van der Waals surface area (Å²) in [5, 5.41) is 11.4. The van der Waals surface area contributed by atoms with Crippen molar-refractivity contribution < 1.29 is 18.7 Å². The topological polar surface area (TPSA) is 112 Å². The number of aromatic nitrogens is 2. The van der Waals surface area contributed by atoms with E-state index in [2.05, 4.69) is 25.7 Å². The number of anilines is 1. The average Bonchev–Trinajstić information content (AvgIpc) is 3.30. The van der Waals surface area contributed by atoms with Crippen LogP contribution in [0.25, 0.3) is 0 Å². The van der Waals surface area contributed by atoms with E-state index in [9.17, 15) is 9.59 Å². The van der Waals surface area contributed by atoms with Crippen LogP contribution in [0.15, 0.2) is 35.1 Å². The minimum Gasteiger partial charge on any atom is -0.468 e. The van der Waals surface area contributed by atoms with E-state index in [0.717, 1.165) is 18.8 Å². The molecule has 1 saturated heterocycles. The zero-order chi connectivity index (χ0) is 16.8. The summed E-state index contributed by atoms with van der Waals surface area (Å²) in [6, 6.07) is 5.07. The Morgan fingerprint density at radius 3 is 2.79 bits per heavy atom. The normalized spacial score (nSPS) is 16.5. The number of carbonyl (C=O) groups is 2. The molecule has 1 aliphatic heterocycles. The number of ether oxygens (including phenoxy) is 1. The molecule has 0 bridgehead atoms. The highest BCUT2D eigenvalue weighted by molar-refractivity contribution is 6.39. The van der Waals surface area contributed by atoms with Crippen LogP contribution in [-0.2, 0) is 14.3 Å². The maximum absolute atomic E-state index is 12.0. The van der Waals surface area contributed by atoms with Gasteiger partial charge in [0.1, 0.15) is 11.6 Å². The SMILES string of the molecule is O=C(NC[C@@H](c1ccco1)N1CCOCC1)C(=O)Nc1ccn[nH]1. The zero-order valence-electron chi connectivity index (χ0n) is 13.0. The lowest BCUT2D eigenvalue weighted by molar-refractivity contribution is -0.136. The first kappa shape index (κ1) is 16.2. The van der Waals surface area contributed by atoms with Gasteiger partial charge < -0.3 is 19.8 Å². The number of rotatable bonds is 5. The highest BCUT2D eigenvalue weighted by Crippen LogP contribution is 2.21. The molecule has 2 aromatic rings. The van der Waals surface area contributed by atoms with Crippen LogP contribution in [0.3, 0.4) is 0 Å². The van der Waals surface area contributed by atoms with Crippen LogP contribution < -0.4 is 10.6 Å². The molecule has 0 spiro atoms. The summed E-state index contributed by atoms with van der Waals surface area (Å²) in [5.74, 6) is -0.356. The maximum Gasteiger partial charge on any atom is 0.314 e. The zero-order valence-corrected chi connectivity index (χ0v) is 13.0. The number of H-pyrrole nitrogens is 1. The van der Waals surface area contributed by atoms with Crippen LogP contribution in [0.2, 0.25) is 0 Å². The lowest BCUT2D eigenvalue weighted by atomic mass is 10.1. The molecule has 3 N–H and O–H groups in total. The van der Waals surface area contributed by atoms with Gasteiger partial charge in [0.05, 0.1) is 31.7 Å². The first-order valence-electron chi connectivity index (χ1n) is 7.68. The Morgan fingerprint density at radius 2 is 2.12 bits per heavy atom. The maximum atomic E-state index is 12.0. The van der Waals surface area contributed by atoms with Gasteiger partial charge in [0.2, 0.25) is 0 Å². The molecule has 9 heteroatoms. The molecule has 1 fully saturated rings. The van der Waals surface area contributed by atoms with E-state index in [1.165, 1.54) is 6.20 Å². The second kappa shape index (κ2) is 7.75. The Labute approximate surface area is 138 Å². The van der Waals surface area contributed by atoms with E-state index in [0.29, 0.717) is 19.0 Å². The van der Waals surface area contributed by atoms with Gasteiger partial charge in [-0.25, -0.2) is 0 Å². The van der Waals surface area contributed by atoms with Gasteiger partial charge >= 0.3 is 11.8 Å². The summed E-state index contributed by atoms with van der Waals surface area (Å²) in [6.07, 6.45) is 3.08. The highest BCUT2D eigenvalue weighted by atomic mass is 16.5. The van der Waals surface area contributed by atoms with Gasteiger partial charge in [0.25, 0.3) is 0 Å². The molecular formula is C15H19N5O4. The Balaban J connectivity index is 1.58. The van der Waals surface area contributed by atoms with E-state index in [4.69, 9.17) is 9.15 Å². The van der Waals surface area contributed by atoms with Crippen LogP contribution in [0.5, 0.6) is 0 Å². The summed E-state index contributed by atoms with van der Waals surface area (Å²) in [4.78, 5) is 26.0. The summed E-state index contributed by atoms with van der Waals surface area (Å²) in [6.45, 7) is 3.00. The summed E-state index contributed by atoms with van der Waals surface area (Å²) < 4.78 is 10.8. The molecule has 0 saturated carbocycles. The van der Waals surface area contributed by atoms with Crippen molar-refractivity contribution in [1.29, 1.82) is 0 Å². The van der Waals surface area contributed by atoms with E-state index < -0.39 is 11.8 Å². The number of morpholine rings is 1. The van der Waals surface area contributed by atoms with Crippen molar-refractivity contribution in [2.24, 2.45) is 0 Å². The van der Waals surface area contributed by atoms with E-state index in [1.54, 1.807) is 18.4 Å². The van der Waals surface area contributed by atoms with Gasteiger partial charge in [-0.3, -0.25) is 19.6 Å². The third-order valence-electron chi connectivity index (χ3n) is 3.77. The fraction of sp³-hybridized carbons (Fsp3) is 0.400. The minimum atomic E-state index is -0.751. The number of nitrogens with zero attached hydrogens (tertiary/aromatic N) is 2. The monoisotopic (exact) mass is 333 g/mol. The Kier molecular flexibility index (Phi) is 5.24. The highest BCUT2D eigenvalue weighted by Gasteiger charge is 2.26. The molecule has 1 atom stereocenters. The number of nitrogens with one attached hydrogen (secondary N) is 3. The second-order valence-electron chi connectivity index (χ2n) is 5.31. The first-order valence-corrected chi connectivity index (χ1v) is 7.68. The molecular weight excluding hydrogens is 314 g/mol. The molecule has 0 radical (unpaired) electrons. The summed E-state index contributed by atoms with van der Waals surface area (Å²) in [5.41, 5.74) is 0. The molecule has 3 heterocycles. The molecule has 0 aliphatic carbocycles. The van der Waals surface area contributed by atoms with Crippen LogP contribution in [0.1, 0.15) is 11.8 Å².